The second-order valence-electron chi connectivity index (χ2n) is 7.90. The summed E-state index contributed by atoms with van der Waals surface area (Å²) in [6.07, 6.45) is 3.72. The monoisotopic (exact) mass is 370 g/mol. The maximum absolute atomic E-state index is 9.57. The molecular formula is C20H26N4O3. The molecule has 3 aromatic rings. The van der Waals surface area contributed by atoms with Gasteiger partial charge in [0, 0.05) is 18.5 Å². The lowest BCUT2D eigenvalue weighted by molar-refractivity contribution is -0.0401. The SMILES string of the molecule is CCCc1nc2oc3c(NC[C@H](C)O)ncnc3c2c2c1COC(C)(C)C2. The number of pyridine rings is 1. The number of anilines is 1. The molecule has 4 heterocycles. The van der Waals surface area contributed by atoms with Gasteiger partial charge in [0.15, 0.2) is 11.4 Å². The molecule has 0 amide bonds. The van der Waals surface area contributed by atoms with Gasteiger partial charge in [-0.25, -0.2) is 15.0 Å². The summed E-state index contributed by atoms with van der Waals surface area (Å²) < 4.78 is 12.2. The van der Waals surface area contributed by atoms with Crippen LogP contribution in [0.15, 0.2) is 10.7 Å². The molecule has 1 aliphatic heterocycles. The Morgan fingerprint density at radius 1 is 1.30 bits per heavy atom. The number of nitrogens with zero attached hydrogens (tertiary/aromatic N) is 3. The minimum absolute atomic E-state index is 0.241. The van der Waals surface area contributed by atoms with Gasteiger partial charge in [-0.3, -0.25) is 0 Å². The fraction of sp³-hybridized carbons (Fsp3) is 0.550. The van der Waals surface area contributed by atoms with Crippen molar-refractivity contribution in [3.05, 3.63) is 23.1 Å². The standard InChI is InChI=1S/C20H26N4O3/c1-5-6-14-13-9-26-20(3,4)7-12(13)15-16-17(27-19(15)24-14)18(23-10-22-16)21-8-11(2)25/h10-11,25H,5-9H2,1-4H3,(H,21,22,23)/t11-/m0/s1. The zero-order valence-corrected chi connectivity index (χ0v) is 16.3. The van der Waals surface area contributed by atoms with E-state index in [4.69, 9.17) is 14.1 Å². The summed E-state index contributed by atoms with van der Waals surface area (Å²) in [5, 5.41) is 13.7. The molecule has 3 aromatic heterocycles. The molecule has 0 unspecified atom stereocenters. The first-order valence-corrected chi connectivity index (χ1v) is 9.53. The number of aromatic nitrogens is 3. The van der Waals surface area contributed by atoms with Gasteiger partial charge in [-0.1, -0.05) is 13.3 Å². The first kappa shape index (κ1) is 18.1. The van der Waals surface area contributed by atoms with Gasteiger partial charge in [-0.2, -0.15) is 0 Å². The van der Waals surface area contributed by atoms with Gasteiger partial charge in [0.2, 0.25) is 5.71 Å². The predicted octanol–water partition coefficient (Wildman–Crippen LogP) is 3.37. The van der Waals surface area contributed by atoms with Crippen LogP contribution >= 0.6 is 0 Å². The van der Waals surface area contributed by atoms with E-state index in [9.17, 15) is 5.11 Å². The minimum Gasteiger partial charge on any atom is -0.432 e. The van der Waals surface area contributed by atoms with Crippen molar-refractivity contribution >= 4 is 28.0 Å². The largest absolute Gasteiger partial charge is 0.432 e. The van der Waals surface area contributed by atoms with Crippen molar-refractivity contribution in [3.63, 3.8) is 0 Å². The van der Waals surface area contributed by atoms with Gasteiger partial charge >= 0.3 is 0 Å². The van der Waals surface area contributed by atoms with Gasteiger partial charge in [0.25, 0.3) is 0 Å². The molecule has 27 heavy (non-hydrogen) atoms. The van der Waals surface area contributed by atoms with Crippen molar-refractivity contribution in [2.75, 3.05) is 11.9 Å². The van der Waals surface area contributed by atoms with Crippen molar-refractivity contribution in [3.8, 4) is 0 Å². The number of hydrogen-bond donors (Lipinski definition) is 2. The number of rotatable bonds is 5. The maximum atomic E-state index is 9.57. The molecule has 7 nitrogen and oxygen atoms in total. The molecule has 2 N–H and O–H groups in total. The summed E-state index contributed by atoms with van der Waals surface area (Å²) in [5.74, 6) is 0.580. The Kier molecular flexibility index (Phi) is 4.52. The number of furan rings is 1. The van der Waals surface area contributed by atoms with E-state index in [0.29, 0.717) is 30.3 Å². The van der Waals surface area contributed by atoms with Gasteiger partial charge in [-0.05, 0) is 32.8 Å². The molecule has 1 aliphatic rings. The second kappa shape index (κ2) is 6.73. The van der Waals surface area contributed by atoms with Crippen LogP contribution in [-0.2, 0) is 24.2 Å². The fourth-order valence-corrected chi connectivity index (χ4v) is 3.69. The molecule has 0 aromatic carbocycles. The maximum Gasteiger partial charge on any atom is 0.229 e. The average molecular weight is 370 g/mol. The van der Waals surface area contributed by atoms with E-state index in [1.807, 2.05) is 0 Å². The van der Waals surface area contributed by atoms with Crippen LogP contribution in [-0.4, -0.2) is 38.3 Å². The third-order valence-corrected chi connectivity index (χ3v) is 4.97. The van der Waals surface area contributed by atoms with Crippen LogP contribution in [0.5, 0.6) is 0 Å². The van der Waals surface area contributed by atoms with Gasteiger partial charge in [0.1, 0.15) is 11.8 Å². The summed E-state index contributed by atoms with van der Waals surface area (Å²) in [6, 6.07) is 0. The molecule has 0 aliphatic carbocycles. The predicted molar refractivity (Wildman–Crippen MR) is 104 cm³/mol. The van der Waals surface area contributed by atoms with Crippen LogP contribution in [0.1, 0.15) is 50.9 Å². The van der Waals surface area contributed by atoms with Crippen molar-refractivity contribution in [2.45, 2.75) is 65.3 Å². The molecule has 144 valence electrons. The summed E-state index contributed by atoms with van der Waals surface area (Å²) in [7, 11) is 0. The molecule has 1 atom stereocenters. The first-order valence-electron chi connectivity index (χ1n) is 9.53. The zero-order chi connectivity index (χ0) is 19.2. The van der Waals surface area contributed by atoms with E-state index >= 15 is 0 Å². The van der Waals surface area contributed by atoms with Crippen molar-refractivity contribution in [2.24, 2.45) is 0 Å². The number of hydrogen-bond acceptors (Lipinski definition) is 7. The van der Waals surface area contributed by atoms with Gasteiger partial charge < -0.3 is 19.6 Å². The molecule has 0 saturated carbocycles. The van der Waals surface area contributed by atoms with Crippen LogP contribution in [0.2, 0.25) is 0 Å². The molecule has 0 spiro atoms. The number of aliphatic hydroxyl groups excluding tert-OH is 1. The summed E-state index contributed by atoms with van der Waals surface area (Å²) >= 11 is 0. The summed E-state index contributed by atoms with van der Waals surface area (Å²) in [5.41, 5.74) is 5.14. The Balaban J connectivity index is 1.96. The fourth-order valence-electron chi connectivity index (χ4n) is 3.69. The average Bonchev–Trinajstić information content (AvgIpc) is 2.98. The molecule has 4 rings (SSSR count). The Morgan fingerprint density at radius 3 is 2.85 bits per heavy atom. The lowest BCUT2D eigenvalue weighted by Crippen LogP contribution is -2.32. The van der Waals surface area contributed by atoms with E-state index in [0.717, 1.165) is 35.9 Å². The number of fused-ring (bicyclic) bond motifs is 5. The van der Waals surface area contributed by atoms with Crippen molar-refractivity contribution < 1.29 is 14.3 Å². The summed E-state index contributed by atoms with van der Waals surface area (Å²) in [6.45, 7) is 9.03. The van der Waals surface area contributed by atoms with Crippen molar-refractivity contribution in [1.29, 1.82) is 0 Å². The van der Waals surface area contributed by atoms with Gasteiger partial charge in [-0.15, -0.1) is 0 Å². The highest BCUT2D eigenvalue weighted by atomic mass is 16.5. The quantitative estimate of drug-likeness (QED) is 0.711. The van der Waals surface area contributed by atoms with Gasteiger partial charge in [0.05, 0.1) is 29.4 Å². The minimum atomic E-state index is -0.487. The number of aryl methyl sites for hydroxylation is 1. The van der Waals surface area contributed by atoms with Crippen LogP contribution in [0, 0.1) is 0 Å². The van der Waals surface area contributed by atoms with Crippen LogP contribution in [0.3, 0.4) is 0 Å². The third kappa shape index (κ3) is 3.26. The Bertz CT molecular complexity index is 994. The Morgan fingerprint density at radius 2 is 2.11 bits per heavy atom. The van der Waals surface area contributed by atoms with Crippen LogP contribution < -0.4 is 5.32 Å². The molecule has 0 fully saturated rings. The van der Waals surface area contributed by atoms with E-state index in [-0.39, 0.29) is 5.60 Å². The highest BCUT2D eigenvalue weighted by Gasteiger charge is 2.32. The Hall–Kier alpha value is -2.25. The topological polar surface area (TPSA) is 93.3 Å². The molecule has 0 saturated heterocycles. The molecule has 7 heteroatoms. The number of aliphatic hydroxyl groups is 1. The van der Waals surface area contributed by atoms with E-state index < -0.39 is 6.10 Å². The zero-order valence-electron chi connectivity index (χ0n) is 16.3. The second-order valence-corrected chi connectivity index (χ2v) is 7.90. The smallest absolute Gasteiger partial charge is 0.229 e. The van der Waals surface area contributed by atoms with Crippen LogP contribution in [0.25, 0.3) is 22.2 Å². The van der Waals surface area contributed by atoms with Crippen molar-refractivity contribution in [1.82, 2.24) is 15.0 Å². The number of nitrogens with one attached hydrogen (secondary N) is 1. The van der Waals surface area contributed by atoms with E-state index in [1.54, 1.807) is 6.92 Å². The highest BCUT2D eigenvalue weighted by molar-refractivity contribution is 6.06. The Labute approximate surface area is 158 Å². The third-order valence-electron chi connectivity index (χ3n) is 4.97. The molecule has 0 bridgehead atoms. The molecule has 0 radical (unpaired) electrons. The lowest BCUT2D eigenvalue weighted by Gasteiger charge is -2.33. The molecular weight excluding hydrogens is 344 g/mol. The van der Waals surface area contributed by atoms with E-state index in [2.05, 4.69) is 36.1 Å². The lowest BCUT2D eigenvalue weighted by atomic mass is 9.88. The van der Waals surface area contributed by atoms with Crippen LogP contribution in [0.4, 0.5) is 5.82 Å². The normalized spacial score (nSPS) is 17.2. The number of ether oxygens (including phenoxy) is 1. The van der Waals surface area contributed by atoms with E-state index in [1.165, 1.54) is 17.5 Å². The first-order chi connectivity index (χ1) is 12.9. The summed E-state index contributed by atoms with van der Waals surface area (Å²) in [4.78, 5) is 13.6. The highest BCUT2D eigenvalue weighted by Crippen LogP contribution is 2.39.